The summed E-state index contributed by atoms with van der Waals surface area (Å²) in [6, 6.07) is 24.2. The zero-order valence-corrected chi connectivity index (χ0v) is 23.6. The lowest BCUT2D eigenvalue weighted by atomic mass is 10.1. The maximum Gasteiger partial charge on any atom is 0.261 e. The summed E-state index contributed by atoms with van der Waals surface area (Å²) >= 11 is 0. The molecule has 204 valence electrons. The van der Waals surface area contributed by atoms with Crippen molar-refractivity contribution in [2.75, 3.05) is 27.1 Å². The Morgan fingerprint density at radius 2 is 1.51 bits per heavy atom. The smallest absolute Gasteiger partial charge is 0.261 e. The molecule has 4 aromatic carbocycles. The molecule has 10 heteroatoms. The molecule has 39 heavy (non-hydrogen) atoms. The molecule has 0 aromatic heterocycles. The van der Waals surface area contributed by atoms with Gasteiger partial charge in [0.25, 0.3) is 10.0 Å². The largest absolute Gasteiger partial charge is 0.326 e. The van der Waals surface area contributed by atoms with E-state index in [1.165, 1.54) is 28.6 Å². The molecule has 0 saturated carbocycles. The minimum Gasteiger partial charge on any atom is -0.326 e. The fourth-order valence-corrected chi connectivity index (χ4v) is 6.25. The fourth-order valence-electron chi connectivity index (χ4n) is 4.21. The number of carbonyl (C=O) groups is 1. The van der Waals surface area contributed by atoms with Crippen molar-refractivity contribution in [2.45, 2.75) is 31.6 Å². The first-order valence-electron chi connectivity index (χ1n) is 12.4. The van der Waals surface area contributed by atoms with E-state index in [0.717, 1.165) is 28.2 Å². The molecule has 0 spiro atoms. The SMILES string of the molecule is Cc1ccc(N(CCCC(=O)Nc2ccc(S(=O)(=O)Nc3cccc4ccccc34)cc2)S(C)(=O)=O)cc1C. The van der Waals surface area contributed by atoms with E-state index in [-0.39, 0.29) is 23.8 Å². The second kappa shape index (κ2) is 11.5. The van der Waals surface area contributed by atoms with Crippen molar-refractivity contribution in [3.63, 3.8) is 0 Å². The van der Waals surface area contributed by atoms with E-state index >= 15 is 0 Å². The number of anilines is 3. The van der Waals surface area contributed by atoms with Crippen molar-refractivity contribution in [2.24, 2.45) is 0 Å². The number of benzene rings is 4. The zero-order valence-electron chi connectivity index (χ0n) is 22.0. The van der Waals surface area contributed by atoms with E-state index in [4.69, 9.17) is 0 Å². The number of aryl methyl sites for hydroxylation is 2. The molecule has 4 aromatic rings. The summed E-state index contributed by atoms with van der Waals surface area (Å²) in [5, 5.41) is 4.45. The Bertz CT molecular complexity index is 1710. The van der Waals surface area contributed by atoms with Crippen LogP contribution in [0.1, 0.15) is 24.0 Å². The van der Waals surface area contributed by atoms with E-state index in [1.807, 2.05) is 56.3 Å². The Morgan fingerprint density at radius 3 is 2.21 bits per heavy atom. The van der Waals surface area contributed by atoms with Gasteiger partial charge in [-0.3, -0.25) is 13.8 Å². The van der Waals surface area contributed by atoms with Crippen molar-refractivity contribution in [1.29, 1.82) is 0 Å². The van der Waals surface area contributed by atoms with Crippen LogP contribution in [0, 0.1) is 13.8 Å². The van der Waals surface area contributed by atoms with Crippen molar-refractivity contribution in [3.05, 3.63) is 96.1 Å². The van der Waals surface area contributed by atoms with Crippen LogP contribution in [0.5, 0.6) is 0 Å². The zero-order chi connectivity index (χ0) is 28.2. The highest BCUT2D eigenvalue weighted by atomic mass is 32.2. The quantitative estimate of drug-likeness (QED) is 0.266. The summed E-state index contributed by atoms with van der Waals surface area (Å²) in [6.45, 7) is 4.03. The normalized spacial score (nSPS) is 11.8. The van der Waals surface area contributed by atoms with E-state index in [2.05, 4.69) is 10.0 Å². The van der Waals surface area contributed by atoms with Crippen LogP contribution in [0.4, 0.5) is 17.1 Å². The molecule has 0 heterocycles. The molecular formula is C29H31N3O5S2. The molecule has 0 saturated heterocycles. The van der Waals surface area contributed by atoms with E-state index < -0.39 is 20.0 Å². The monoisotopic (exact) mass is 565 g/mol. The lowest BCUT2D eigenvalue weighted by molar-refractivity contribution is -0.116. The van der Waals surface area contributed by atoms with Gasteiger partial charge in [-0.05, 0) is 79.2 Å². The predicted octanol–water partition coefficient (Wildman–Crippen LogP) is 5.44. The summed E-state index contributed by atoms with van der Waals surface area (Å²) < 4.78 is 54.6. The third-order valence-electron chi connectivity index (χ3n) is 6.43. The molecule has 0 aliphatic carbocycles. The maximum absolute atomic E-state index is 13.0. The van der Waals surface area contributed by atoms with Gasteiger partial charge in [0.1, 0.15) is 0 Å². The van der Waals surface area contributed by atoms with Crippen LogP contribution in [0.2, 0.25) is 0 Å². The minimum atomic E-state index is -3.85. The van der Waals surface area contributed by atoms with Crippen LogP contribution in [0.3, 0.4) is 0 Å². The minimum absolute atomic E-state index is 0.0608. The van der Waals surface area contributed by atoms with Crippen molar-refractivity contribution >= 4 is 53.8 Å². The van der Waals surface area contributed by atoms with Crippen LogP contribution < -0.4 is 14.3 Å². The summed E-state index contributed by atoms with van der Waals surface area (Å²) in [7, 11) is -7.36. The van der Waals surface area contributed by atoms with Crippen LogP contribution in [-0.2, 0) is 24.8 Å². The van der Waals surface area contributed by atoms with E-state index in [9.17, 15) is 21.6 Å². The van der Waals surface area contributed by atoms with Gasteiger partial charge < -0.3 is 5.32 Å². The molecule has 0 radical (unpaired) electrons. The number of nitrogens with zero attached hydrogens (tertiary/aromatic N) is 1. The number of sulfonamides is 2. The Balaban J connectivity index is 1.36. The Labute approximate surface area is 229 Å². The number of nitrogens with one attached hydrogen (secondary N) is 2. The number of carbonyl (C=O) groups excluding carboxylic acids is 1. The molecule has 0 unspecified atom stereocenters. The van der Waals surface area contributed by atoms with Gasteiger partial charge in [-0.2, -0.15) is 0 Å². The molecule has 0 fully saturated rings. The third kappa shape index (κ3) is 6.96. The van der Waals surface area contributed by atoms with Crippen LogP contribution in [0.15, 0.2) is 89.8 Å². The fraction of sp³-hybridized carbons (Fsp3) is 0.207. The molecule has 4 rings (SSSR count). The number of hydrogen-bond acceptors (Lipinski definition) is 5. The molecule has 0 aliphatic rings. The van der Waals surface area contributed by atoms with Gasteiger partial charge in [0.15, 0.2) is 0 Å². The van der Waals surface area contributed by atoms with Crippen LogP contribution in [0.25, 0.3) is 10.8 Å². The average Bonchev–Trinajstić information content (AvgIpc) is 2.88. The maximum atomic E-state index is 13.0. The number of rotatable bonds is 10. The standard InChI is InChI=1S/C29H31N3O5S2/c1-21-13-16-25(20-22(21)2)32(38(3,34)35)19-7-12-29(33)30-24-14-17-26(18-15-24)39(36,37)31-28-11-6-9-23-8-4-5-10-27(23)28/h4-6,8-11,13-18,20,31H,7,12,19H2,1-3H3,(H,30,33). The first-order valence-corrected chi connectivity index (χ1v) is 15.7. The molecule has 2 N–H and O–H groups in total. The van der Waals surface area contributed by atoms with Crippen LogP contribution >= 0.6 is 0 Å². The van der Waals surface area contributed by atoms with Gasteiger partial charge in [0, 0.05) is 24.0 Å². The first-order chi connectivity index (χ1) is 18.4. The summed E-state index contributed by atoms with van der Waals surface area (Å²) in [5.41, 5.74) is 3.54. The number of amides is 1. The van der Waals surface area contributed by atoms with Crippen LogP contribution in [-0.4, -0.2) is 35.5 Å². The molecular weight excluding hydrogens is 534 g/mol. The van der Waals surface area contributed by atoms with Gasteiger partial charge in [-0.25, -0.2) is 16.8 Å². The van der Waals surface area contributed by atoms with Gasteiger partial charge in [-0.1, -0.05) is 42.5 Å². The van der Waals surface area contributed by atoms with Crippen molar-refractivity contribution < 1.29 is 21.6 Å². The van der Waals surface area contributed by atoms with E-state index in [0.29, 0.717) is 23.5 Å². The third-order valence-corrected chi connectivity index (χ3v) is 9.00. The Morgan fingerprint density at radius 1 is 0.821 bits per heavy atom. The molecule has 0 bridgehead atoms. The lowest BCUT2D eigenvalue weighted by Gasteiger charge is -2.23. The van der Waals surface area contributed by atoms with Crippen molar-refractivity contribution in [1.82, 2.24) is 0 Å². The molecule has 0 atom stereocenters. The first kappa shape index (κ1) is 28.1. The molecule has 0 aliphatic heterocycles. The van der Waals surface area contributed by atoms with Gasteiger partial charge in [-0.15, -0.1) is 0 Å². The Kier molecular flexibility index (Phi) is 8.27. The average molecular weight is 566 g/mol. The molecule has 8 nitrogen and oxygen atoms in total. The van der Waals surface area contributed by atoms with Gasteiger partial charge >= 0.3 is 0 Å². The second-order valence-electron chi connectivity index (χ2n) is 9.41. The number of hydrogen-bond donors (Lipinski definition) is 2. The highest BCUT2D eigenvalue weighted by molar-refractivity contribution is 7.92. The molecule has 1 amide bonds. The highest BCUT2D eigenvalue weighted by Crippen LogP contribution is 2.26. The highest BCUT2D eigenvalue weighted by Gasteiger charge is 2.19. The Hall–Kier alpha value is -3.89. The predicted molar refractivity (Wildman–Crippen MR) is 157 cm³/mol. The van der Waals surface area contributed by atoms with Gasteiger partial charge in [0.2, 0.25) is 15.9 Å². The second-order valence-corrected chi connectivity index (χ2v) is 13.0. The van der Waals surface area contributed by atoms with Crippen molar-refractivity contribution in [3.8, 4) is 0 Å². The summed E-state index contributed by atoms with van der Waals surface area (Å²) in [5.74, 6) is -0.298. The van der Waals surface area contributed by atoms with Gasteiger partial charge in [0.05, 0.1) is 22.5 Å². The topological polar surface area (TPSA) is 113 Å². The number of fused-ring (bicyclic) bond motifs is 1. The van der Waals surface area contributed by atoms with E-state index in [1.54, 1.807) is 18.2 Å². The summed E-state index contributed by atoms with van der Waals surface area (Å²) in [6.07, 6.45) is 1.56. The summed E-state index contributed by atoms with van der Waals surface area (Å²) in [4.78, 5) is 12.6. The lowest BCUT2D eigenvalue weighted by Crippen LogP contribution is -2.31.